The van der Waals surface area contributed by atoms with E-state index in [0.29, 0.717) is 23.4 Å². The molecule has 0 spiro atoms. The first-order chi connectivity index (χ1) is 11.0. The van der Waals surface area contributed by atoms with Gasteiger partial charge in [-0.1, -0.05) is 11.8 Å². The van der Waals surface area contributed by atoms with E-state index in [0.717, 1.165) is 26.3 Å². The van der Waals surface area contributed by atoms with E-state index in [-0.39, 0.29) is 17.2 Å². The van der Waals surface area contributed by atoms with Crippen LogP contribution in [0.25, 0.3) is 0 Å². The molecule has 130 valence electrons. The average molecular weight is 361 g/mol. The van der Waals surface area contributed by atoms with E-state index in [1.54, 1.807) is 11.8 Å². The van der Waals surface area contributed by atoms with E-state index in [9.17, 15) is 4.79 Å². The predicted molar refractivity (Wildman–Crippen MR) is 91.7 cm³/mol. The zero-order valence-electron chi connectivity index (χ0n) is 13.8. The van der Waals surface area contributed by atoms with Crippen LogP contribution in [0.3, 0.4) is 0 Å². The maximum atomic E-state index is 12.0. The van der Waals surface area contributed by atoms with Crippen molar-refractivity contribution < 1.29 is 13.9 Å². The van der Waals surface area contributed by atoms with E-state index < -0.39 is 0 Å². The van der Waals surface area contributed by atoms with Crippen LogP contribution in [0.5, 0.6) is 0 Å². The Balaban J connectivity index is 1.71. The van der Waals surface area contributed by atoms with E-state index in [4.69, 9.17) is 9.15 Å². The van der Waals surface area contributed by atoms with Gasteiger partial charge in [-0.15, -0.1) is 10.2 Å². The molecule has 1 amide bonds. The van der Waals surface area contributed by atoms with Gasteiger partial charge in [0.1, 0.15) is 0 Å². The van der Waals surface area contributed by atoms with Crippen LogP contribution in [0.2, 0.25) is 0 Å². The lowest BCUT2D eigenvalue weighted by molar-refractivity contribution is -0.119. The summed E-state index contributed by atoms with van der Waals surface area (Å²) in [4.78, 5) is 14.4. The van der Waals surface area contributed by atoms with Gasteiger partial charge in [0, 0.05) is 25.2 Å². The molecule has 2 rings (SSSR count). The highest BCUT2D eigenvalue weighted by atomic mass is 32.2. The van der Waals surface area contributed by atoms with E-state index in [2.05, 4.69) is 34.3 Å². The SMILES string of the molecule is CSCc1nnc(SCC(=O)NCC(C)(C)N2CCOCC2)o1. The summed E-state index contributed by atoms with van der Waals surface area (Å²) in [7, 11) is 0. The second kappa shape index (κ2) is 8.91. The Bertz CT molecular complexity index is 504. The predicted octanol–water partition coefficient (Wildman–Crippen LogP) is 1.25. The van der Waals surface area contributed by atoms with Crippen molar-refractivity contribution in [2.75, 3.05) is 44.9 Å². The van der Waals surface area contributed by atoms with Gasteiger partial charge in [0.15, 0.2) is 0 Å². The van der Waals surface area contributed by atoms with Crippen molar-refractivity contribution in [2.24, 2.45) is 0 Å². The minimum Gasteiger partial charge on any atom is -0.415 e. The highest BCUT2D eigenvalue weighted by molar-refractivity contribution is 7.99. The number of rotatable bonds is 8. The Kier molecular flexibility index (Phi) is 7.19. The van der Waals surface area contributed by atoms with Gasteiger partial charge in [0.05, 0.1) is 24.7 Å². The summed E-state index contributed by atoms with van der Waals surface area (Å²) in [5, 5.41) is 11.3. The number of hydrogen-bond acceptors (Lipinski definition) is 8. The number of hydrogen-bond donors (Lipinski definition) is 1. The summed E-state index contributed by atoms with van der Waals surface area (Å²) in [5.41, 5.74) is -0.0832. The smallest absolute Gasteiger partial charge is 0.277 e. The van der Waals surface area contributed by atoms with Gasteiger partial charge in [0.25, 0.3) is 5.22 Å². The Morgan fingerprint density at radius 1 is 1.35 bits per heavy atom. The zero-order chi connectivity index (χ0) is 16.7. The second-order valence-corrected chi connectivity index (χ2v) is 7.66. The molecule has 1 saturated heterocycles. The largest absolute Gasteiger partial charge is 0.415 e. The van der Waals surface area contributed by atoms with Crippen molar-refractivity contribution in [3.8, 4) is 0 Å². The minimum absolute atomic E-state index is 0.0269. The van der Waals surface area contributed by atoms with Crippen LogP contribution in [-0.4, -0.2) is 71.4 Å². The fourth-order valence-electron chi connectivity index (χ4n) is 2.25. The molecule has 0 unspecified atom stereocenters. The summed E-state index contributed by atoms with van der Waals surface area (Å²) >= 11 is 2.88. The van der Waals surface area contributed by atoms with Crippen LogP contribution >= 0.6 is 23.5 Å². The molecular weight excluding hydrogens is 336 g/mol. The standard InChI is InChI=1S/C14H24N4O3S2/c1-14(2,18-4-6-20-7-5-18)10-15-11(19)8-23-13-17-16-12(21-13)9-22-3/h4-10H2,1-3H3,(H,15,19). The number of carbonyl (C=O) groups is 1. The quantitative estimate of drug-likeness (QED) is 0.694. The fraction of sp³-hybridized carbons (Fsp3) is 0.786. The molecule has 1 fully saturated rings. The monoisotopic (exact) mass is 360 g/mol. The Hall–Kier alpha value is -0.770. The van der Waals surface area contributed by atoms with Gasteiger partial charge in [-0.25, -0.2) is 0 Å². The van der Waals surface area contributed by atoms with Crippen LogP contribution in [-0.2, 0) is 15.3 Å². The van der Waals surface area contributed by atoms with Gasteiger partial charge in [-0.3, -0.25) is 9.69 Å². The number of nitrogens with zero attached hydrogens (tertiary/aromatic N) is 3. The Morgan fingerprint density at radius 3 is 2.78 bits per heavy atom. The normalized spacial score (nSPS) is 16.5. The minimum atomic E-state index is -0.0832. The summed E-state index contributed by atoms with van der Waals surface area (Å²) < 4.78 is 10.8. The molecule has 0 bridgehead atoms. The van der Waals surface area contributed by atoms with Gasteiger partial charge < -0.3 is 14.5 Å². The molecule has 0 radical (unpaired) electrons. The van der Waals surface area contributed by atoms with Crippen molar-refractivity contribution in [3.05, 3.63) is 5.89 Å². The van der Waals surface area contributed by atoms with E-state index in [1.807, 2.05) is 6.26 Å². The molecule has 23 heavy (non-hydrogen) atoms. The van der Waals surface area contributed by atoms with Crippen LogP contribution < -0.4 is 5.32 Å². The molecule has 2 heterocycles. The fourth-order valence-corrected chi connectivity index (χ4v) is 3.23. The molecule has 0 saturated carbocycles. The number of ether oxygens (including phenoxy) is 1. The molecule has 0 aromatic carbocycles. The maximum absolute atomic E-state index is 12.0. The molecule has 1 aliphatic rings. The van der Waals surface area contributed by atoms with E-state index >= 15 is 0 Å². The van der Waals surface area contributed by atoms with E-state index in [1.165, 1.54) is 11.8 Å². The first kappa shape index (κ1) is 18.6. The van der Waals surface area contributed by atoms with Crippen LogP contribution in [0.1, 0.15) is 19.7 Å². The lowest BCUT2D eigenvalue weighted by Crippen LogP contribution is -2.55. The summed E-state index contributed by atoms with van der Waals surface area (Å²) in [5.74, 6) is 1.53. The molecule has 0 aliphatic carbocycles. The lowest BCUT2D eigenvalue weighted by atomic mass is 10.0. The summed E-state index contributed by atoms with van der Waals surface area (Å²) in [6, 6.07) is 0. The molecule has 9 heteroatoms. The zero-order valence-corrected chi connectivity index (χ0v) is 15.5. The molecule has 1 aliphatic heterocycles. The van der Waals surface area contributed by atoms with Gasteiger partial charge >= 0.3 is 0 Å². The second-order valence-electron chi connectivity index (χ2n) is 5.87. The number of aromatic nitrogens is 2. The number of nitrogens with one attached hydrogen (secondary N) is 1. The third-order valence-electron chi connectivity index (χ3n) is 3.63. The lowest BCUT2D eigenvalue weighted by Gasteiger charge is -2.40. The summed E-state index contributed by atoms with van der Waals surface area (Å²) in [6.45, 7) is 8.19. The molecule has 1 N–H and O–H groups in total. The molecule has 0 atom stereocenters. The first-order valence-electron chi connectivity index (χ1n) is 7.55. The van der Waals surface area contributed by atoms with Crippen LogP contribution in [0.15, 0.2) is 9.64 Å². The van der Waals surface area contributed by atoms with Gasteiger partial charge in [0.2, 0.25) is 11.8 Å². The Labute approximate surface area is 145 Å². The van der Waals surface area contributed by atoms with Crippen LogP contribution in [0.4, 0.5) is 0 Å². The topological polar surface area (TPSA) is 80.5 Å². The van der Waals surface area contributed by atoms with Gasteiger partial charge in [-0.2, -0.15) is 11.8 Å². The van der Waals surface area contributed by atoms with Crippen molar-refractivity contribution in [2.45, 2.75) is 30.4 Å². The van der Waals surface area contributed by atoms with Gasteiger partial charge in [-0.05, 0) is 20.1 Å². The first-order valence-corrected chi connectivity index (χ1v) is 9.93. The average Bonchev–Trinajstić information content (AvgIpc) is 3.00. The third-order valence-corrected chi connectivity index (χ3v) is 4.98. The number of amides is 1. The molecular formula is C14H24N4O3S2. The molecule has 7 nitrogen and oxygen atoms in total. The van der Waals surface area contributed by atoms with Crippen LogP contribution in [0, 0.1) is 0 Å². The molecule has 1 aromatic heterocycles. The maximum Gasteiger partial charge on any atom is 0.277 e. The van der Waals surface area contributed by atoms with Crippen molar-refractivity contribution in [3.63, 3.8) is 0 Å². The Morgan fingerprint density at radius 2 is 2.09 bits per heavy atom. The third kappa shape index (κ3) is 5.98. The highest BCUT2D eigenvalue weighted by Gasteiger charge is 2.28. The molecule has 1 aromatic rings. The highest BCUT2D eigenvalue weighted by Crippen LogP contribution is 2.18. The number of morpholine rings is 1. The van der Waals surface area contributed by atoms with Crippen molar-refractivity contribution in [1.82, 2.24) is 20.4 Å². The summed E-state index contributed by atoms with van der Waals surface area (Å²) in [6.07, 6.45) is 1.97. The van der Waals surface area contributed by atoms with Crippen molar-refractivity contribution >= 4 is 29.4 Å². The van der Waals surface area contributed by atoms with Crippen molar-refractivity contribution in [1.29, 1.82) is 0 Å². The number of carbonyl (C=O) groups excluding carboxylic acids is 1. The number of thioether (sulfide) groups is 2.